The minimum absolute atomic E-state index is 0.133. The molecule has 1 amide bonds. The molecule has 0 aromatic heterocycles. The first-order chi connectivity index (χ1) is 9.95. The van der Waals surface area contributed by atoms with Gasteiger partial charge in [0.25, 0.3) is 0 Å². The number of carbonyl (C=O) groups excluding carboxylic acids is 2. The molecule has 0 bridgehead atoms. The number of carboxylic acid groups (broad SMARTS) is 1. The molecule has 0 spiro atoms. The van der Waals surface area contributed by atoms with Gasteiger partial charge in [0.1, 0.15) is 0 Å². The largest absolute Gasteiger partial charge is 0.550 e. The zero-order chi connectivity index (χ0) is 15.8. The number of nitrogens with one attached hydrogen (secondary N) is 1. The maximum Gasteiger partial charge on any atom is 0.224 e. The van der Waals surface area contributed by atoms with Gasteiger partial charge in [-0.2, -0.15) is 0 Å². The number of hydrogen-bond donors (Lipinski definition) is 1. The number of amides is 1. The van der Waals surface area contributed by atoms with E-state index in [2.05, 4.69) is 5.32 Å². The number of aliphatic carboxylic acids is 1. The van der Waals surface area contributed by atoms with Crippen molar-refractivity contribution in [3.8, 4) is 0 Å². The summed E-state index contributed by atoms with van der Waals surface area (Å²) in [5.74, 6) is -2.19. The second-order valence-electron chi connectivity index (χ2n) is 5.28. The van der Waals surface area contributed by atoms with Crippen LogP contribution in [0.25, 0.3) is 0 Å². The third-order valence-electron chi connectivity index (χ3n) is 3.51. The summed E-state index contributed by atoms with van der Waals surface area (Å²) in [7, 11) is 0. The van der Waals surface area contributed by atoms with Crippen LogP contribution in [0.3, 0.4) is 0 Å². The van der Waals surface area contributed by atoms with E-state index in [1.807, 2.05) is 6.92 Å². The first-order valence-corrected chi connectivity index (χ1v) is 7.58. The summed E-state index contributed by atoms with van der Waals surface area (Å²) in [6.45, 7) is 3.77. The third kappa shape index (κ3) is 5.76. The Bertz CT molecular complexity index is 490. The van der Waals surface area contributed by atoms with Crippen LogP contribution >= 0.6 is 11.6 Å². The normalized spacial score (nSPS) is 13.5. The molecule has 2 atom stereocenters. The van der Waals surface area contributed by atoms with E-state index in [1.165, 1.54) is 0 Å². The average Bonchev–Trinajstić information content (AvgIpc) is 2.41. The highest BCUT2D eigenvalue weighted by Gasteiger charge is 2.21. The fourth-order valence-corrected chi connectivity index (χ4v) is 2.44. The van der Waals surface area contributed by atoms with Crippen molar-refractivity contribution in [2.24, 2.45) is 11.8 Å². The molecule has 116 valence electrons. The predicted molar refractivity (Wildman–Crippen MR) is 81.9 cm³/mol. The second kappa shape index (κ2) is 8.67. The topological polar surface area (TPSA) is 69.2 Å². The molecule has 0 heterocycles. The van der Waals surface area contributed by atoms with Crippen molar-refractivity contribution in [1.82, 2.24) is 0 Å². The number of carbonyl (C=O) groups is 2. The molecule has 0 unspecified atom stereocenters. The van der Waals surface area contributed by atoms with Crippen LogP contribution in [-0.4, -0.2) is 11.9 Å². The molecule has 0 aliphatic rings. The molecule has 0 fully saturated rings. The number of benzene rings is 1. The van der Waals surface area contributed by atoms with Gasteiger partial charge in [-0.05, 0) is 24.5 Å². The number of unbranched alkanes of at least 4 members (excludes halogenated alkanes) is 1. The lowest BCUT2D eigenvalue weighted by atomic mass is 9.87. The fourth-order valence-electron chi connectivity index (χ4n) is 2.26. The smallest absolute Gasteiger partial charge is 0.224 e. The van der Waals surface area contributed by atoms with Gasteiger partial charge in [0.15, 0.2) is 0 Å². The molecule has 1 aromatic rings. The van der Waals surface area contributed by atoms with Crippen LogP contribution in [0.1, 0.15) is 39.5 Å². The summed E-state index contributed by atoms with van der Waals surface area (Å²) in [6.07, 6.45) is 2.41. The van der Waals surface area contributed by atoms with Crippen LogP contribution in [0.5, 0.6) is 0 Å². The van der Waals surface area contributed by atoms with E-state index in [0.717, 1.165) is 12.8 Å². The molecular weight excluding hydrogens is 290 g/mol. The molecule has 4 nitrogen and oxygen atoms in total. The fraction of sp³-hybridized carbons (Fsp3) is 0.500. The Morgan fingerprint density at radius 2 is 2.00 bits per heavy atom. The van der Waals surface area contributed by atoms with Crippen LogP contribution in [0.2, 0.25) is 5.02 Å². The van der Waals surface area contributed by atoms with E-state index in [4.69, 9.17) is 11.6 Å². The molecule has 0 aliphatic heterocycles. The minimum Gasteiger partial charge on any atom is -0.550 e. The van der Waals surface area contributed by atoms with Gasteiger partial charge >= 0.3 is 0 Å². The van der Waals surface area contributed by atoms with Crippen molar-refractivity contribution < 1.29 is 14.7 Å². The molecule has 1 aromatic carbocycles. The van der Waals surface area contributed by atoms with E-state index in [1.54, 1.807) is 31.2 Å². The van der Waals surface area contributed by atoms with Gasteiger partial charge in [0, 0.05) is 18.3 Å². The Kier molecular flexibility index (Phi) is 7.23. The SMILES string of the molecule is CCCC[C@H](C(=O)[O-])[C@@H](C)CC(=O)Nc1ccccc1Cl. The van der Waals surface area contributed by atoms with Crippen LogP contribution in [0.4, 0.5) is 5.69 Å². The quantitative estimate of drug-likeness (QED) is 0.802. The highest BCUT2D eigenvalue weighted by atomic mass is 35.5. The number of anilines is 1. The van der Waals surface area contributed by atoms with E-state index >= 15 is 0 Å². The van der Waals surface area contributed by atoms with Gasteiger partial charge in [-0.3, -0.25) is 4.79 Å². The minimum atomic E-state index is -1.08. The number of hydrogen-bond acceptors (Lipinski definition) is 3. The second-order valence-corrected chi connectivity index (χ2v) is 5.68. The molecule has 5 heteroatoms. The molecule has 1 N–H and O–H groups in total. The summed E-state index contributed by atoms with van der Waals surface area (Å²) in [5.41, 5.74) is 0.537. The monoisotopic (exact) mass is 310 g/mol. The maximum atomic E-state index is 12.0. The molecule has 1 rings (SSSR count). The molecule has 21 heavy (non-hydrogen) atoms. The lowest BCUT2D eigenvalue weighted by molar-refractivity contribution is -0.313. The number of para-hydroxylation sites is 1. The van der Waals surface area contributed by atoms with Crippen molar-refractivity contribution in [3.63, 3.8) is 0 Å². The van der Waals surface area contributed by atoms with Crippen molar-refractivity contribution in [2.45, 2.75) is 39.5 Å². The summed E-state index contributed by atoms with van der Waals surface area (Å²) in [6, 6.07) is 6.94. The first-order valence-electron chi connectivity index (χ1n) is 7.21. The molecule has 0 radical (unpaired) electrons. The maximum absolute atomic E-state index is 12.0. The number of rotatable bonds is 8. The van der Waals surface area contributed by atoms with Crippen molar-refractivity contribution in [1.29, 1.82) is 0 Å². The highest BCUT2D eigenvalue weighted by molar-refractivity contribution is 6.33. The zero-order valence-corrected chi connectivity index (χ0v) is 13.2. The summed E-state index contributed by atoms with van der Waals surface area (Å²) < 4.78 is 0. The molecule has 0 aliphatic carbocycles. The van der Waals surface area contributed by atoms with Crippen LogP contribution in [0.15, 0.2) is 24.3 Å². The van der Waals surface area contributed by atoms with Crippen molar-refractivity contribution >= 4 is 29.2 Å². The van der Waals surface area contributed by atoms with E-state index in [-0.39, 0.29) is 18.2 Å². The lowest BCUT2D eigenvalue weighted by Gasteiger charge is -2.24. The van der Waals surface area contributed by atoms with Crippen LogP contribution in [-0.2, 0) is 9.59 Å². The van der Waals surface area contributed by atoms with Crippen LogP contribution < -0.4 is 10.4 Å². The average molecular weight is 311 g/mol. The molecule has 0 saturated heterocycles. The zero-order valence-electron chi connectivity index (χ0n) is 12.4. The van der Waals surface area contributed by atoms with Gasteiger partial charge in [-0.25, -0.2) is 0 Å². The first kappa shape index (κ1) is 17.5. The third-order valence-corrected chi connectivity index (χ3v) is 3.84. The van der Waals surface area contributed by atoms with Gasteiger partial charge in [0.2, 0.25) is 5.91 Å². The summed E-state index contributed by atoms with van der Waals surface area (Å²) in [5, 5.41) is 14.3. The van der Waals surface area contributed by atoms with Gasteiger partial charge in [0.05, 0.1) is 10.7 Å². The van der Waals surface area contributed by atoms with Crippen LogP contribution in [0, 0.1) is 11.8 Å². The van der Waals surface area contributed by atoms with E-state index in [9.17, 15) is 14.7 Å². The van der Waals surface area contributed by atoms with E-state index in [0.29, 0.717) is 17.1 Å². The van der Waals surface area contributed by atoms with Crippen molar-refractivity contribution in [3.05, 3.63) is 29.3 Å². The molecule has 0 saturated carbocycles. The van der Waals surface area contributed by atoms with Crippen molar-refractivity contribution in [2.75, 3.05) is 5.32 Å². The highest BCUT2D eigenvalue weighted by Crippen LogP contribution is 2.24. The number of halogens is 1. The molecular formula is C16H21ClNO3-. The lowest BCUT2D eigenvalue weighted by Crippen LogP contribution is -2.36. The van der Waals surface area contributed by atoms with E-state index < -0.39 is 11.9 Å². The summed E-state index contributed by atoms with van der Waals surface area (Å²) >= 11 is 5.97. The Morgan fingerprint density at radius 1 is 1.33 bits per heavy atom. The van der Waals surface area contributed by atoms with Gasteiger partial charge in [-0.15, -0.1) is 0 Å². The standard InChI is InChI=1S/C16H22ClNO3/c1-3-4-7-12(16(20)21)11(2)10-15(19)18-14-9-6-5-8-13(14)17/h5-6,8-9,11-12H,3-4,7,10H2,1-2H3,(H,18,19)(H,20,21)/p-1/t11-,12-/m0/s1. The number of carboxylic acids is 1. The predicted octanol–water partition coefficient (Wildman–Crippen LogP) is 2.86. The Morgan fingerprint density at radius 3 is 2.57 bits per heavy atom. The summed E-state index contributed by atoms with van der Waals surface area (Å²) in [4.78, 5) is 23.2. The Labute approximate surface area is 130 Å². The van der Waals surface area contributed by atoms with Gasteiger partial charge < -0.3 is 15.2 Å². The Hall–Kier alpha value is -1.55. The Balaban J connectivity index is 2.60. The van der Waals surface area contributed by atoms with Gasteiger partial charge in [-0.1, -0.05) is 50.4 Å².